The van der Waals surface area contributed by atoms with E-state index in [1.165, 1.54) is 10.6 Å². The summed E-state index contributed by atoms with van der Waals surface area (Å²) in [5.41, 5.74) is 0.268. The van der Waals surface area contributed by atoms with Gasteiger partial charge in [0.1, 0.15) is 11.2 Å². The molecule has 0 unspecified atom stereocenters. The summed E-state index contributed by atoms with van der Waals surface area (Å²) >= 11 is 0. The Labute approximate surface area is 144 Å². The Bertz CT molecular complexity index is 1290. The zero-order valence-corrected chi connectivity index (χ0v) is 13.8. The first kappa shape index (κ1) is 14.9. The number of halogens is 1. The van der Waals surface area contributed by atoms with Crippen LogP contribution in [-0.2, 0) is 5.60 Å². The molecule has 0 aliphatic carbocycles. The van der Waals surface area contributed by atoms with Gasteiger partial charge in [0.2, 0.25) is 11.6 Å². The van der Waals surface area contributed by atoms with Crippen molar-refractivity contribution < 1.29 is 14.0 Å². The number of hydrogen-bond acceptors (Lipinski definition) is 7. The first-order chi connectivity index (χ1) is 12.4. The minimum Gasteiger partial charge on any atom is -0.382 e. The van der Waals surface area contributed by atoms with Gasteiger partial charge in [-0.25, -0.2) is 4.98 Å². The van der Waals surface area contributed by atoms with Gasteiger partial charge in [-0.05, 0) is 26.0 Å². The predicted octanol–water partition coefficient (Wildman–Crippen LogP) is 1.95. The third-order valence-electron chi connectivity index (χ3n) is 4.14. The van der Waals surface area contributed by atoms with Crippen molar-refractivity contribution in [1.29, 1.82) is 0 Å². The van der Waals surface area contributed by atoms with E-state index in [-0.39, 0.29) is 17.5 Å². The van der Waals surface area contributed by atoms with Crippen molar-refractivity contribution in [2.75, 3.05) is 0 Å². The summed E-state index contributed by atoms with van der Waals surface area (Å²) in [6.07, 6.45) is 0.731. The molecular weight excluding hydrogens is 341 g/mol. The number of fused-ring (bicyclic) bond motifs is 6. The van der Waals surface area contributed by atoms with Gasteiger partial charge in [0.25, 0.3) is 12.0 Å². The van der Waals surface area contributed by atoms with Gasteiger partial charge in [0, 0.05) is 5.39 Å². The molecule has 0 saturated heterocycles. The molecule has 130 valence electrons. The van der Waals surface area contributed by atoms with Crippen molar-refractivity contribution in [2.24, 2.45) is 0 Å². The van der Waals surface area contributed by atoms with Crippen LogP contribution in [0.15, 0.2) is 35.0 Å². The minimum absolute atomic E-state index is 0.0633. The first-order valence-electron chi connectivity index (χ1n) is 7.81. The van der Waals surface area contributed by atoms with Crippen LogP contribution in [-0.4, -0.2) is 39.2 Å². The highest BCUT2D eigenvalue weighted by Gasteiger charge is 2.26. The number of aliphatic hydroxyl groups is 1. The molecule has 0 spiro atoms. The van der Waals surface area contributed by atoms with Crippen LogP contribution >= 0.6 is 0 Å². The Balaban J connectivity index is 1.90. The molecule has 4 aromatic heterocycles. The number of nitrogens with zero attached hydrogens (tertiary/aromatic N) is 7. The summed E-state index contributed by atoms with van der Waals surface area (Å²) in [4.78, 5) is 7.96. The molecule has 10 heteroatoms. The zero-order valence-electron chi connectivity index (χ0n) is 13.8. The first-order valence-corrected chi connectivity index (χ1v) is 7.81. The van der Waals surface area contributed by atoms with Gasteiger partial charge in [-0.15, -0.1) is 10.2 Å². The Morgan fingerprint density at radius 1 is 1.15 bits per heavy atom. The normalized spacial score (nSPS) is 12.6. The molecule has 0 aliphatic heterocycles. The van der Waals surface area contributed by atoms with Crippen LogP contribution in [0.4, 0.5) is 4.39 Å². The Hall–Kier alpha value is -3.40. The molecule has 0 bridgehead atoms. The highest BCUT2D eigenvalue weighted by Crippen LogP contribution is 2.28. The second-order valence-corrected chi connectivity index (χ2v) is 6.40. The van der Waals surface area contributed by atoms with Gasteiger partial charge in [0.15, 0.2) is 5.65 Å². The standard InChI is InChI=1S/C16H12FN7O2/c1-16(2,25)14-19-13(26-22-14)12-21-20-11-8-5-3-4-6-9(8)23-10(24(11)12)7-18-15(23)17/h3-7,25H,1-2H3. The molecule has 5 aromatic rings. The van der Waals surface area contributed by atoms with Gasteiger partial charge < -0.3 is 9.63 Å². The number of imidazole rings is 1. The van der Waals surface area contributed by atoms with E-state index >= 15 is 0 Å². The van der Waals surface area contributed by atoms with E-state index in [1.54, 1.807) is 24.3 Å². The van der Waals surface area contributed by atoms with Gasteiger partial charge in [-0.1, -0.05) is 17.3 Å². The van der Waals surface area contributed by atoms with Gasteiger partial charge in [-0.3, -0.25) is 8.80 Å². The molecule has 0 fully saturated rings. The van der Waals surface area contributed by atoms with Crippen LogP contribution in [0, 0.1) is 6.08 Å². The second-order valence-electron chi connectivity index (χ2n) is 6.40. The lowest BCUT2D eigenvalue weighted by Crippen LogP contribution is -2.17. The van der Waals surface area contributed by atoms with E-state index in [0.717, 1.165) is 0 Å². The van der Waals surface area contributed by atoms with E-state index in [2.05, 4.69) is 25.3 Å². The van der Waals surface area contributed by atoms with Crippen LogP contribution < -0.4 is 0 Å². The second kappa shape index (κ2) is 4.82. The highest BCUT2D eigenvalue weighted by atomic mass is 19.1. The van der Waals surface area contributed by atoms with Crippen LogP contribution in [0.2, 0.25) is 0 Å². The third kappa shape index (κ3) is 1.90. The molecule has 9 nitrogen and oxygen atoms in total. The SMILES string of the molecule is CC(C)(O)c1noc(-c2nnc3c4ccccc4n4c(F)ncc4n23)n1. The monoisotopic (exact) mass is 353 g/mol. The smallest absolute Gasteiger partial charge is 0.296 e. The predicted molar refractivity (Wildman–Crippen MR) is 87.7 cm³/mol. The Morgan fingerprint density at radius 3 is 2.73 bits per heavy atom. The number of hydrogen-bond donors (Lipinski definition) is 1. The van der Waals surface area contributed by atoms with Gasteiger partial charge >= 0.3 is 0 Å². The molecule has 0 saturated carbocycles. The summed E-state index contributed by atoms with van der Waals surface area (Å²) < 4.78 is 22.5. The van der Waals surface area contributed by atoms with Crippen LogP contribution in [0.1, 0.15) is 19.7 Å². The van der Waals surface area contributed by atoms with E-state index in [0.29, 0.717) is 22.2 Å². The average molecular weight is 353 g/mol. The number of rotatable bonds is 2. The van der Waals surface area contributed by atoms with Crippen LogP contribution in [0.25, 0.3) is 33.9 Å². The molecule has 1 aromatic carbocycles. The molecule has 0 amide bonds. The van der Waals surface area contributed by atoms with E-state index in [4.69, 9.17) is 4.52 Å². The third-order valence-corrected chi connectivity index (χ3v) is 4.14. The molecule has 0 aliphatic rings. The fourth-order valence-electron chi connectivity index (χ4n) is 2.94. The average Bonchev–Trinajstić information content (AvgIpc) is 3.31. The molecule has 0 radical (unpaired) electrons. The quantitative estimate of drug-likeness (QED) is 0.517. The van der Waals surface area contributed by atoms with Crippen molar-refractivity contribution in [1.82, 2.24) is 34.1 Å². The number of benzene rings is 1. The molecule has 0 atom stereocenters. The lowest BCUT2D eigenvalue weighted by Gasteiger charge is -2.09. The molecule has 5 rings (SSSR count). The maximum Gasteiger partial charge on any atom is 0.296 e. The van der Waals surface area contributed by atoms with E-state index in [1.807, 2.05) is 18.2 Å². The van der Waals surface area contributed by atoms with Crippen molar-refractivity contribution >= 4 is 22.2 Å². The Kier molecular flexibility index (Phi) is 2.76. The van der Waals surface area contributed by atoms with Crippen LogP contribution in [0.5, 0.6) is 0 Å². The summed E-state index contributed by atoms with van der Waals surface area (Å²) in [7, 11) is 0. The topological polar surface area (TPSA) is 107 Å². The van der Waals surface area contributed by atoms with E-state index in [9.17, 15) is 9.50 Å². The lowest BCUT2D eigenvalue weighted by atomic mass is 10.1. The van der Waals surface area contributed by atoms with Gasteiger partial charge in [-0.2, -0.15) is 9.37 Å². The maximum absolute atomic E-state index is 14.3. The van der Waals surface area contributed by atoms with Crippen molar-refractivity contribution in [2.45, 2.75) is 19.4 Å². The molecule has 4 heterocycles. The summed E-state index contributed by atoms with van der Waals surface area (Å²) in [6, 6.07) is 7.23. The Morgan fingerprint density at radius 2 is 1.96 bits per heavy atom. The lowest BCUT2D eigenvalue weighted by molar-refractivity contribution is 0.0661. The fraction of sp³-hybridized carbons (Fsp3) is 0.188. The highest BCUT2D eigenvalue weighted by molar-refractivity contribution is 5.94. The van der Waals surface area contributed by atoms with Crippen LogP contribution in [0.3, 0.4) is 0 Å². The molecule has 1 N–H and O–H groups in total. The fourth-order valence-corrected chi connectivity index (χ4v) is 2.94. The van der Waals surface area contributed by atoms with E-state index < -0.39 is 11.7 Å². The summed E-state index contributed by atoms with van der Waals surface area (Å²) in [5, 5.41) is 22.9. The summed E-state index contributed by atoms with van der Waals surface area (Å²) in [6.45, 7) is 3.09. The molecule has 26 heavy (non-hydrogen) atoms. The largest absolute Gasteiger partial charge is 0.382 e. The van der Waals surface area contributed by atoms with Crippen molar-refractivity contribution in [3.8, 4) is 11.7 Å². The zero-order chi connectivity index (χ0) is 18.1. The maximum atomic E-state index is 14.3. The van der Waals surface area contributed by atoms with Crippen molar-refractivity contribution in [3.05, 3.63) is 42.4 Å². The number of aromatic nitrogens is 7. The summed E-state index contributed by atoms with van der Waals surface area (Å²) in [5.74, 6) is 0.410. The molecular formula is C16H12FN7O2. The minimum atomic E-state index is -1.27. The van der Waals surface area contributed by atoms with Gasteiger partial charge in [0.05, 0.1) is 11.7 Å². The van der Waals surface area contributed by atoms with Crippen molar-refractivity contribution in [3.63, 3.8) is 0 Å². The number of para-hydroxylation sites is 1.